The first-order valence-electron chi connectivity index (χ1n) is 9.51. The molecule has 0 radical (unpaired) electrons. The fraction of sp³-hybridized carbons (Fsp3) is 0.737. The first-order valence-corrected chi connectivity index (χ1v) is 9.51. The van der Waals surface area contributed by atoms with Gasteiger partial charge in [-0.15, -0.1) is 0 Å². The van der Waals surface area contributed by atoms with Crippen LogP contribution in [-0.2, 0) is 13.0 Å². The lowest BCUT2D eigenvalue weighted by Crippen LogP contribution is -2.38. The Kier molecular flexibility index (Phi) is 6.76. The minimum absolute atomic E-state index is 0.219. The number of rotatable bonds is 9. The summed E-state index contributed by atoms with van der Waals surface area (Å²) >= 11 is 0. The number of imidazole rings is 1. The zero-order chi connectivity index (χ0) is 18.4. The Morgan fingerprint density at radius 3 is 2.56 bits per heavy atom. The van der Waals surface area contributed by atoms with E-state index in [0.717, 1.165) is 55.8 Å². The Labute approximate surface area is 151 Å². The lowest BCUT2D eigenvalue weighted by molar-refractivity contribution is 0.172. The van der Waals surface area contributed by atoms with Crippen molar-refractivity contribution in [1.29, 1.82) is 0 Å². The van der Waals surface area contributed by atoms with E-state index in [2.05, 4.69) is 54.2 Å². The lowest BCUT2D eigenvalue weighted by atomic mass is 10.1. The summed E-state index contributed by atoms with van der Waals surface area (Å²) in [6.45, 7) is 10.9. The van der Waals surface area contributed by atoms with E-state index in [-0.39, 0.29) is 5.54 Å². The van der Waals surface area contributed by atoms with Crippen molar-refractivity contribution in [3.63, 3.8) is 0 Å². The molecule has 0 aliphatic heterocycles. The number of aromatic nitrogens is 4. The molecular weight excluding hydrogens is 312 g/mol. The van der Waals surface area contributed by atoms with Crippen LogP contribution in [-0.4, -0.2) is 43.6 Å². The van der Waals surface area contributed by atoms with Crippen molar-refractivity contribution < 1.29 is 0 Å². The van der Waals surface area contributed by atoms with Crippen LogP contribution in [0.2, 0.25) is 0 Å². The number of unbranched alkanes of at least 4 members (excludes halogenated alkanes) is 3. The van der Waals surface area contributed by atoms with Gasteiger partial charge in [0.25, 0.3) is 0 Å². The summed E-state index contributed by atoms with van der Waals surface area (Å²) in [5.74, 6) is 1.34. The number of fused-ring (bicyclic) bond motifs is 1. The molecule has 0 aliphatic carbocycles. The third-order valence-corrected chi connectivity index (χ3v) is 4.83. The van der Waals surface area contributed by atoms with Crippen molar-refractivity contribution in [2.24, 2.45) is 0 Å². The molecule has 2 aromatic heterocycles. The summed E-state index contributed by atoms with van der Waals surface area (Å²) < 4.78 is 2.12. The summed E-state index contributed by atoms with van der Waals surface area (Å²) in [6, 6.07) is 0. The molecule has 2 heterocycles. The topological polar surface area (TPSA) is 72.9 Å². The molecule has 0 atom stereocenters. The molecule has 0 bridgehead atoms. The fourth-order valence-electron chi connectivity index (χ4n) is 2.79. The van der Waals surface area contributed by atoms with Crippen LogP contribution in [0, 0.1) is 0 Å². The molecule has 6 heteroatoms. The zero-order valence-corrected chi connectivity index (χ0v) is 16.5. The van der Waals surface area contributed by atoms with Crippen LogP contribution in [0.1, 0.15) is 65.6 Å². The second-order valence-electron chi connectivity index (χ2n) is 7.89. The Hall–Kier alpha value is -1.69. The number of nitrogens with zero attached hydrogens (tertiary/aromatic N) is 5. The average Bonchev–Trinajstić information content (AvgIpc) is 2.94. The minimum Gasteiger partial charge on any atom is -0.382 e. The van der Waals surface area contributed by atoms with Gasteiger partial charge in [-0.05, 0) is 53.6 Å². The standard InChI is InChI=1S/C19H34N6/c1-6-7-8-11-15-22-17(20)16-18(23-15)25(14-21-16)13-10-9-12-24(5)19(2,3)4/h14H,6-13H2,1-5H3,(H2,20,22,23). The van der Waals surface area contributed by atoms with E-state index in [1.54, 1.807) is 0 Å². The van der Waals surface area contributed by atoms with Gasteiger partial charge in [-0.2, -0.15) is 0 Å². The highest BCUT2D eigenvalue weighted by Crippen LogP contribution is 2.18. The molecule has 6 nitrogen and oxygen atoms in total. The monoisotopic (exact) mass is 346 g/mol. The van der Waals surface area contributed by atoms with E-state index >= 15 is 0 Å². The Morgan fingerprint density at radius 2 is 1.88 bits per heavy atom. The number of anilines is 1. The maximum absolute atomic E-state index is 6.08. The molecule has 0 aromatic carbocycles. The second kappa shape index (κ2) is 8.61. The van der Waals surface area contributed by atoms with E-state index in [1.165, 1.54) is 12.8 Å². The van der Waals surface area contributed by atoms with Gasteiger partial charge in [0.2, 0.25) is 0 Å². The highest BCUT2D eigenvalue weighted by molar-refractivity contribution is 5.81. The van der Waals surface area contributed by atoms with Crippen LogP contribution in [0.5, 0.6) is 0 Å². The van der Waals surface area contributed by atoms with Gasteiger partial charge in [-0.25, -0.2) is 15.0 Å². The molecule has 0 aliphatic rings. The van der Waals surface area contributed by atoms with E-state index in [1.807, 2.05) is 6.33 Å². The van der Waals surface area contributed by atoms with E-state index in [0.29, 0.717) is 5.82 Å². The molecular formula is C19H34N6. The Bertz CT molecular complexity index is 670. The maximum atomic E-state index is 6.08. The van der Waals surface area contributed by atoms with Crippen molar-refractivity contribution >= 4 is 17.0 Å². The number of nitrogen functional groups attached to an aromatic ring is 1. The molecule has 0 saturated carbocycles. The first kappa shape index (κ1) is 19.6. The van der Waals surface area contributed by atoms with Gasteiger partial charge < -0.3 is 15.2 Å². The largest absolute Gasteiger partial charge is 0.382 e. The van der Waals surface area contributed by atoms with Crippen LogP contribution in [0.25, 0.3) is 11.2 Å². The highest BCUT2D eigenvalue weighted by Gasteiger charge is 2.16. The van der Waals surface area contributed by atoms with E-state index < -0.39 is 0 Å². The Balaban J connectivity index is 1.98. The van der Waals surface area contributed by atoms with Crippen LogP contribution in [0.4, 0.5) is 5.82 Å². The molecule has 2 N–H and O–H groups in total. The van der Waals surface area contributed by atoms with Gasteiger partial charge in [-0.1, -0.05) is 19.8 Å². The summed E-state index contributed by atoms with van der Waals surface area (Å²) in [6.07, 6.45) is 8.47. The fourth-order valence-corrected chi connectivity index (χ4v) is 2.79. The number of aryl methyl sites for hydroxylation is 2. The third-order valence-electron chi connectivity index (χ3n) is 4.83. The zero-order valence-electron chi connectivity index (χ0n) is 16.5. The second-order valence-corrected chi connectivity index (χ2v) is 7.89. The molecule has 2 rings (SSSR count). The number of hydrogen-bond donors (Lipinski definition) is 1. The minimum atomic E-state index is 0.219. The predicted molar refractivity (Wildman–Crippen MR) is 105 cm³/mol. The van der Waals surface area contributed by atoms with Crippen molar-refractivity contribution in [3.05, 3.63) is 12.2 Å². The summed E-state index contributed by atoms with van der Waals surface area (Å²) in [4.78, 5) is 15.9. The van der Waals surface area contributed by atoms with Crippen molar-refractivity contribution in [2.75, 3.05) is 19.3 Å². The molecule has 140 valence electrons. The summed E-state index contributed by atoms with van der Waals surface area (Å²) in [5.41, 5.74) is 7.91. The van der Waals surface area contributed by atoms with Crippen LogP contribution in [0.15, 0.2) is 6.33 Å². The molecule has 0 spiro atoms. The molecule has 0 fully saturated rings. The maximum Gasteiger partial charge on any atom is 0.165 e. The van der Waals surface area contributed by atoms with Gasteiger partial charge in [0.15, 0.2) is 11.5 Å². The summed E-state index contributed by atoms with van der Waals surface area (Å²) in [7, 11) is 2.18. The van der Waals surface area contributed by atoms with Crippen LogP contribution >= 0.6 is 0 Å². The van der Waals surface area contributed by atoms with Crippen molar-refractivity contribution in [3.8, 4) is 0 Å². The molecule has 0 amide bonds. The van der Waals surface area contributed by atoms with Gasteiger partial charge >= 0.3 is 0 Å². The van der Waals surface area contributed by atoms with E-state index in [9.17, 15) is 0 Å². The smallest absolute Gasteiger partial charge is 0.165 e. The quantitative estimate of drug-likeness (QED) is 0.702. The SMILES string of the molecule is CCCCCc1nc(N)c2ncn(CCCCN(C)C(C)(C)C)c2n1. The highest BCUT2D eigenvalue weighted by atomic mass is 15.2. The molecule has 0 unspecified atom stereocenters. The number of hydrogen-bond acceptors (Lipinski definition) is 5. The summed E-state index contributed by atoms with van der Waals surface area (Å²) in [5, 5.41) is 0. The Morgan fingerprint density at radius 1 is 1.12 bits per heavy atom. The van der Waals surface area contributed by atoms with Crippen molar-refractivity contribution in [2.45, 2.75) is 78.3 Å². The molecule has 0 saturated heterocycles. The molecule has 25 heavy (non-hydrogen) atoms. The van der Waals surface area contributed by atoms with E-state index in [4.69, 9.17) is 10.7 Å². The van der Waals surface area contributed by atoms with Gasteiger partial charge in [0.1, 0.15) is 11.3 Å². The predicted octanol–water partition coefficient (Wildman–Crippen LogP) is 3.65. The van der Waals surface area contributed by atoms with Crippen molar-refractivity contribution in [1.82, 2.24) is 24.4 Å². The van der Waals surface area contributed by atoms with Gasteiger partial charge in [0, 0.05) is 18.5 Å². The number of nitrogens with two attached hydrogens (primary N) is 1. The normalized spacial score (nSPS) is 12.4. The van der Waals surface area contributed by atoms with Gasteiger partial charge in [0.05, 0.1) is 6.33 Å². The van der Waals surface area contributed by atoms with Gasteiger partial charge in [-0.3, -0.25) is 0 Å². The van der Waals surface area contributed by atoms with Crippen LogP contribution < -0.4 is 5.73 Å². The van der Waals surface area contributed by atoms with Crippen LogP contribution in [0.3, 0.4) is 0 Å². The first-order chi connectivity index (χ1) is 11.8. The lowest BCUT2D eigenvalue weighted by Gasteiger charge is -2.31. The molecule has 2 aromatic rings. The average molecular weight is 347 g/mol. The third kappa shape index (κ3) is 5.39.